The van der Waals surface area contributed by atoms with Crippen molar-refractivity contribution in [3.05, 3.63) is 46.0 Å². The summed E-state index contributed by atoms with van der Waals surface area (Å²) in [5.41, 5.74) is 1.99. The van der Waals surface area contributed by atoms with Gasteiger partial charge >= 0.3 is 0 Å². The molecule has 0 bridgehead atoms. The number of benzene rings is 1. The number of sulfonamides is 1. The Labute approximate surface area is 158 Å². The van der Waals surface area contributed by atoms with E-state index in [9.17, 15) is 8.42 Å². The van der Waals surface area contributed by atoms with Crippen molar-refractivity contribution >= 4 is 48.3 Å². The normalized spacial score (nSPS) is 17.3. The van der Waals surface area contributed by atoms with Gasteiger partial charge in [-0.1, -0.05) is 12.1 Å². The molecule has 4 rings (SSSR count). The van der Waals surface area contributed by atoms with Crippen molar-refractivity contribution in [2.24, 2.45) is 0 Å². The molecule has 1 N–H and O–H groups in total. The van der Waals surface area contributed by atoms with E-state index >= 15 is 0 Å². The van der Waals surface area contributed by atoms with Crippen LogP contribution in [0.3, 0.4) is 0 Å². The first-order chi connectivity index (χ1) is 12.0. The van der Waals surface area contributed by atoms with Crippen LogP contribution in [0, 0.1) is 0 Å². The minimum absolute atomic E-state index is 0.394. The maximum Gasteiger partial charge on any atom is 0.252 e. The predicted octanol–water partition coefficient (Wildman–Crippen LogP) is 2.89. The highest BCUT2D eigenvalue weighted by atomic mass is 79.9. The molecule has 2 aromatic heterocycles. The molecule has 0 spiro atoms. The number of rotatable bonds is 4. The fourth-order valence-corrected chi connectivity index (χ4v) is 6.57. The number of imidazole rings is 1. The van der Waals surface area contributed by atoms with Crippen molar-refractivity contribution in [2.45, 2.75) is 10.8 Å². The number of hydrogen-bond donors (Lipinski definition) is 1. The quantitative estimate of drug-likeness (QED) is 0.676. The number of para-hydroxylation sites is 2. The van der Waals surface area contributed by atoms with E-state index < -0.39 is 10.0 Å². The molecule has 0 saturated carbocycles. The first-order valence-electron chi connectivity index (χ1n) is 7.94. The number of nitrogens with one attached hydrogen (secondary N) is 1. The maximum atomic E-state index is 12.7. The van der Waals surface area contributed by atoms with E-state index in [1.54, 1.807) is 16.4 Å². The predicted molar refractivity (Wildman–Crippen MR) is 102 cm³/mol. The number of piperazine rings is 1. The Hall–Kier alpha value is -1.26. The molecular weight excluding hydrogens is 424 g/mol. The average Bonchev–Trinajstić information content (AvgIpc) is 3.21. The number of H-pyrrole nitrogens is 1. The van der Waals surface area contributed by atoms with E-state index in [0.717, 1.165) is 20.6 Å². The van der Waals surface area contributed by atoms with Crippen LogP contribution in [-0.2, 0) is 16.6 Å². The Morgan fingerprint density at radius 1 is 1.12 bits per heavy atom. The Morgan fingerprint density at radius 2 is 1.88 bits per heavy atom. The molecule has 0 amide bonds. The van der Waals surface area contributed by atoms with E-state index in [-0.39, 0.29) is 0 Å². The number of aromatic nitrogens is 2. The summed E-state index contributed by atoms with van der Waals surface area (Å²) in [4.78, 5) is 10.1. The highest BCUT2D eigenvalue weighted by Gasteiger charge is 2.29. The summed E-state index contributed by atoms with van der Waals surface area (Å²) in [6.45, 7) is 3.09. The number of thiophene rings is 1. The second-order valence-electron chi connectivity index (χ2n) is 5.94. The standard InChI is InChI=1S/C16H17BrN4O2S2/c17-14-5-6-16(24-14)25(22,23)21-9-7-20(8-10-21)11-15-18-12-3-1-2-4-13(12)19-15/h1-6H,7-11H2,(H,18,19). The maximum absolute atomic E-state index is 12.7. The lowest BCUT2D eigenvalue weighted by Crippen LogP contribution is -2.48. The summed E-state index contributed by atoms with van der Waals surface area (Å²) in [7, 11) is -3.39. The first-order valence-corrected chi connectivity index (χ1v) is 11.0. The second-order valence-corrected chi connectivity index (χ2v) is 10.6. The zero-order valence-corrected chi connectivity index (χ0v) is 16.6. The van der Waals surface area contributed by atoms with Gasteiger partial charge in [0.25, 0.3) is 10.0 Å². The lowest BCUT2D eigenvalue weighted by molar-refractivity contribution is 0.179. The van der Waals surface area contributed by atoms with Crippen molar-refractivity contribution in [3.63, 3.8) is 0 Å². The highest BCUT2D eigenvalue weighted by molar-refractivity contribution is 9.11. The van der Waals surface area contributed by atoms with Gasteiger partial charge in [0.2, 0.25) is 0 Å². The SMILES string of the molecule is O=S(=O)(c1ccc(Br)s1)N1CCN(Cc2nc3ccccc3[nH]2)CC1. The van der Waals surface area contributed by atoms with Gasteiger partial charge in [-0.15, -0.1) is 11.3 Å². The van der Waals surface area contributed by atoms with Gasteiger partial charge in [-0.3, -0.25) is 4.90 Å². The molecule has 0 atom stereocenters. The van der Waals surface area contributed by atoms with Crippen molar-refractivity contribution in [1.29, 1.82) is 0 Å². The van der Waals surface area contributed by atoms with E-state index in [1.165, 1.54) is 11.3 Å². The molecule has 1 aliphatic rings. The van der Waals surface area contributed by atoms with E-state index in [1.807, 2.05) is 24.3 Å². The van der Waals surface area contributed by atoms with Crippen LogP contribution in [0.4, 0.5) is 0 Å². The molecule has 25 heavy (non-hydrogen) atoms. The molecule has 1 saturated heterocycles. The molecule has 9 heteroatoms. The molecule has 1 aromatic carbocycles. The van der Waals surface area contributed by atoms with Gasteiger partial charge in [0.1, 0.15) is 10.0 Å². The van der Waals surface area contributed by atoms with Crippen LogP contribution in [0.5, 0.6) is 0 Å². The van der Waals surface area contributed by atoms with Gasteiger partial charge in [-0.2, -0.15) is 4.31 Å². The van der Waals surface area contributed by atoms with Gasteiger partial charge in [-0.25, -0.2) is 13.4 Å². The first kappa shape index (κ1) is 17.2. The van der Waals surface area contributed by atoms with Gasteiger partial charge < -0.3 is 4.98 Å². The van der Waals surface area contributed by atoms with Crippen LogP contribution < -0.4 is 0 Å². The Bertz CT molecular complexity index is 957. The van der Waals surface area contributed by atoms with Crippen LogP contribution in [0.1, 0.15) is 5.82 Å². The highest BCUT2D eigenvalue weighted by Crippen LogP contribution is 2.29. The van der Waals surface area contributed by atoms with Crippen LogP contribution in [-0.4, -0.2) is 53.8 Å². The molecule has 6 nitrogen and oxygen atoms in total. The molecule has 0 radical (unpaired) electrons. The zero-order chi connectivity index (χ0) is 17.4. The van der Waals surface area contributed by atoms with Crippen molar-refractivity contribution in [3.8, 4) is 0 Å². The van der Waals surface area contributed by atoms with Crippen LogP contribution >= 0.6 is 27.3 Å². The summed E-state index contributed by atoms with van der Waals surface area (Å²) in [5, 5.41) is 0. The molecule has 3 aromatic rings. The van der Waals surface area contributed by atoms with E-state index in [0.29, 0.717) is 36.9 Å². The van der Waals surface area contributed by atoms with Crippen molar-refractivity contribution in [1.82, 2.24) is 19.2 Å². The third-order valence-electron chi connectivity index (χ3n) is 4.29. The fraction of sp³-hybridized carbons (Fsp3) is 0.312. The summed E-state index contributed by atoms with van der Waals surface area (Å²) in [5.74, 6) is 0.916. The Balaban J connectivity index is 1.41. The molecular formula is C16H17BrN4O2S2. The van der Waals surface area contributed by atoms with Crippen molar-refractivity contribution in [2.75, 3.05) is 26.2 Å². The summed E-state index contributed by atoms with van der Waals surface area (Å²) in [6, 6.07) is 11.4. The number of aromatic amines is 1. The smallest absolute Gasteiger partial charge is 0.252 e. The number of halogens is 1. The zero-order valence-electron chi connectivity index (χ0n) is 13.4. The van der Waals surface area contributed by atoms with Crippen LogP contribution in [0.25, 0.3) is 11.0 Å². The van der Waals surface area contributed by atoms with Gasteiger partial charge in [0.05, 0.1) is 21.4 Å². The Morgan fingerprint density at radius 3 is 2.56 bits per heavy atom. The molecule has 0 aliphatic carbocycles. The molecule has 0 unspecified atom stereocenters. The minimum atomic E-state index is -3.39. The second kappa shape index (κ2) is 6.81. The van der Waals surface area contributed by atoms with E-state index in [4.69, 9.17) is 0 Å². The number of fused-ring (bicyclic) bond motifs is 1. The van der Waals surface area contributed by atoms with Gasteiger partial charge in [-0.05, 0) is 40.2 Å². The summed E-state index contributed by atoms with van der Waals surface area (Å²) < 4.78 is 28.1. The van der Waals surface area contributed by atoms with Gasteiger partial charge in [0, 0.05) is 26.2 Å². The van der Waals surface area contributed by atoms with Crippen molar-refractivity contribution < 1.29 is 8.42 Å². The molecule has 132 valence electrons. The largest absolute Gasteiger partial charge is 0.341 e. The molecule has 1 aliphatic heterocycles. The van der Waals surface area contributed by atoms with Crippen LogP contribution in [0.15, 0.2) is 44.4 Å². The van der Waals surface area contributed by atoms with E-state index in [2.05, 4.69) is 30.8 Å². The average molecular weight is 441 g/mol. The molecule has 3 heterocycles. The summed E-state index contributed by atoms with van der Waals surface area (Å²) >= 11 is 4.58. The minimum Gasteiger partial charge on any atom is -0.341 e. The third-order valence-corrected chi connectivity index (χ3v) is 8.28. The van der Waals surface area contributed by atoms with Gasteiger partial charge in [0.15, 0.2) is 0 Å². The molecule has 1 fully saturated rings. The third kappa shape index (κ3) is 3.52. The fourth-order valence-electron chi connectivity index (χ4n) is 2.98. The number of hydrogen-bond acceptors (Lipinski definition) is 5. The summed E-state index contributed by atoms with van der Waals surface area (Å²) in [6.07, 6.45) is 0. The lowest BCUT2D eigenvalue weighted by atomic mass is 10.3. The van der Waals surface area contributed by atoms with Crippen LogP contribution in [0.2, 0.25) is 0 Å². The number of nitrogens with zero attached hydrogens (tertiary/aromatic N) is 3. The monoisotopic (exact) mass is 440 g/mol. The topological polar surface area (TPSA) is 69.3 Å². The lowest BCUT2D eigenvalue weighted by Gasteiger charge is -2.33. The Kier molecular flexibility index (Phi) is 4.67.